The van der Waals surface area contributed by atoms with Crippen LogP contribution in [0.5, 0.6) is 0 Å². The van der Waals surface area contributed by atoms with E-state index in [1.807, 2.05) is 31.2 Å². The normalized spacial score (nSPS) is 15.7. The van der Waals surface area contributed by atoms with Crippen LogP contribution in [0.15, 0.2) is 36.7 Å². The van der Waals surface area contributed by atoms with Gasteiger partial charge in [0.25, 0.3) is 0 Å². The lowest BCUT2D eigenvalue weighted by Crippen LogP contribution is -2.38. The van der Waals surface area contributed by atoms with E-state index in [0.717, 1.165) is 37.1 Å². The molecule has 2 aromatic rings. The zero-order valence-corrected chi connectivity index (χ0v) is 14.4. The average molecular weight is 340 g/mol. The summed E-state index contributed by atoms with van der Waals surface area (Å²) in [4.78, 5) is 31.6. The highest BCUT2D eigenvalue weighted by molar-refractivity contribution is 5.92. The van der Waals surface area contributed by atoms with Gasteiger partial charge in [0.1, 0.15) is 5.82 Å². The molecule has 1 aliphatic carbocycles. The zero-order valence-electron chi connectivity index (χ0n) is 14.4. The molecule has 0 spiro atoms. The van der Waals surface area contributed by atoms with E-state index >= 15 is 0 Å². The minimum absolute atomic E-state index is 0.0811. The van der Waals surface area contributed by atoms with Crippen molar-refractivity contribution in [3.8, 4) is 11.4 Å². The van der Waals surface area contributed by atoms with Crippen LogP contribution in [0.2, 0.25) is 0 Å². The molecule has 6 nitrogen and oxygen atoms in total. The molecule has 132 valence electrons. The average Bonchev–Trinajstić information content (AvgIpc) is 3.28. The lowest BCUT2D eigenvalue weighted by molar-refractivity contribution is -0.125. The Balaban J connectivity index is 1.52. The van der Waals surface area contributed by atoms with Gasteiger partial charge in [-0.3, -0.25) is 9.59 Å². The maximum atomic E-state index is 12.2. The van der Waals surface area contributed by atoms with Crippen LogP contribution in [0.25, 0.3) is 11.4 Å². The second-order valence-electron chi connectivity index (χ2n) is 6.66. The second kappa shape index (κ2) is 7.96. The monoisotopic (exact) mass is 340 g/mol. The molecule has 2 amide bonds. The van der Waals surface area contributed by atoms with Gasteiger partial charge < -0.3 is 15.6 Å². The molecule has 1 heterocycles. The predicted octanol–water partition coefficient (Wildman–Crippen LogP) is 3.10. The summed E-state index contributed by atoms with van der Waals surface area (Å²) in [5.74, 6) is 0.845. The number of carbonyl (C=O) groups excluding carboxylic acids is 2. The van der Waals surface area contributed by atoms with E-state index in [2.05, 4.69) is 20.6 Å². The third kappa shape index (κ3) is 4.68. The van der Waals surface area contributed by atoms with Crippen molar-refractivity contribution in [3.63, 3.8) is 0 Å². The van der Waals surface area contributed by atoms with E-state index < -0.39 is 0 Å². The molecule has 1 saturated carbocycles. The molecule has 1 aliphatic rings. The SMILES string of the molecule is C[C@@H](CC(=O)Nc1cccc(-c2ncc[nH]2)c1)NC(=O)C1CCCC1. The molecular formula is C19H24N4O2. The minimum atomic E-state index is -0.179. The summed E-state index contributed by atoms with van der Waals surface area (Å²) in [6.07, 6.45) is 7.88. The van der Waals surface area contributed by atoms with Crippen LogP contribution in [0.4, 0.5) is 5.69 Å². The Morgan fingerprint density at radius 1 is 1.32 bits per heavy atom. The molecule has 3 rings (SSSR count). The van der Waals surface area contributed by atoms with Gasteiger partial charge in [0.15, 0.2) is 0 Å². The van der Waals surface area contributed by atoms with Crippen molar-refractivity contribution < 1.29 is 9.59 Å². The minimum Gasteiger partial charge on any atom is -0.353 e. The van der Waals surface area contributed by atoms with Crippen molar-refractivity contribution in [2.24, 2.45) is 5.92 Å². The first-order valence-electron chi connectivity index (χ1n) is 8.82. The predicted molar refractivity (Wildman–Crippen MR) is 96.8 cm³/mol. The van der Waals surface area contributed by atoms with Gasteiger partial charge in [-0.15, -0.1) is 0 Å². The largest absolute Gasteiger partial charge is 0.353 e. The van der Waals surface area contributed by atoms with Crippen LogP contribution in [0.1, 0.15) is 39.0 Å². The third-order valence-corrected chi connectivity index (χ3v) is 4.52. The molecule has 25 heavy (non-hydrogen) atoms. The molecule has 6 heteroatoms. The third-order valence-electron chi connectivity index (χ3n) is 4.52. The zero-order chi connectivity index (χ0) is 17.6. The van der Waals surface area contributed by atoms with Crippen LogP contribution in [-0.2, 0) is 9.59 Å². The van der Waals surface area contributed by atoms with Crippen LogP contribution in [-0.4, -0.2) is 27.8 Å². The fourth-order valence-electron chi connectivity index (χ4n) is 3.26. The van der Waals surface area contributed by atoms with Gasteiger partial charge in [-0.25, -0.2) is 4.98 Å². The Morgan fingerprint density at radius 2 is 2.12 bits per heavy atom. The van der Waals surface area contributed by atoms with Gasteiger partial charge in [-0.05, 0) is 31.9 Å². The number of carbonyl (C=O) groups is 2. The first kappa shape index (κ1) is 17.2. The number of nitrogens with zero attached hydrogens (tertiary/aromatic N) is 1. The summed E-state index contributed by atoms with van der Waals surface area (Å²) in [6, 6.07) is 7.34. The number of hydrogen-bond donors (Lipinski definition) is 3. The van der Waals surface area contributed by atoms with Gasteiger partial charge in [-0.1, -0.05) is 25.0 Å². The van der Waals surface area contributed by atoms with E-state index in [-0.39, 0.29) is 30.2 Å². The van der Waals surface area contributed by atoms with Crippen molar-refractivity contribution in [3.05, 3.63) is 36.7 Å². The van der Waals surface area contributed by atoms with Crippen molar-refractivity contribution >= 4 is 17.5 Å². The van der Waals surface area contributed by atoms with Gasteiger partial charge in [-0.2, -0.15) is 0 Å². The lowest BCUT2D eigenvalue weighted by atomic mass is 10.1. The van der Waals surface area contributed by atoms with E-state index in [9.17, 15) is 9.59 Å². The van der Waals surface area contributed by atoms with Gasteiger partial charge in [0.2, 0.25) is 11.8 Å². The van der Waals surface area contributed by atoms with Gasteiger partial charge in [0, 0.05) is 42.0 Å². The maximum absolute atomic E-state index is 12.2. The Morgan fingerprint density at radius 3 is 2.84 bits per heavy atom. The number of amides is 2. The first-order chi connectivity index (χ1) is 12.1. The standard InChI is InChI=1S/C19H24N4O2/c1-13(22-19(25)14-5-2-3-6-14)11-17(24)23-16-8-4-7-15(12-16)18-20-9-10-21-18/h4,7-10,12-14H,2-3,5-6,11H2,1H3,(H,20,21)(H,22,25)(H,23,24)/t13-/m0/s1. The summed E-state index contributed by atoms with van der Waals surface area (Å²) in [5, 5.41) is 5.84. The highest BCUT2D eigenvalue weighted by atomic mass is 16.2. The number of benzene rings is 1. The van der Waals surface area contributed by atoms with Crippen molar-refractivity contribution in [2.75, 3.05) is 5.32 Å². The summed E-state index contributed by atoms with van der Waals surface area (Å²) in [6.45, 7) is 1.87. The Kier molecular flexibility index (Phi) is 5.48. The molecule has 0 bridgehead atoms. The molecule has 0 unspecified atom stereocenters. The Bertz CT molecular complexity index is 721. The quantitative estimate of drug-likeness (QED) is 0.755. The Labute approximate surface area is 147 Å². The van der Waals surface area contributed by atoms with Crippen molar-refractivity contribution in [1.29, 1.82) is 0 Å². The number of aromatic amines is 1. The van der Waals surface area contributed by atoms with Crippen LogP contribution in [0, 0.1) is 5.92 Å². The molecule has 1 atom stereocenters. The topological polar surface area (TPSA) is 86.9 Å². The maximum Gasteiger partial charge on any atom is 0.226 e. The second-order valence-corrected chi connectivity index (χ2v) is 6.66. The van der Waals surface area contributed by atoms with Crippen LogP contribution < -0.4 is 10.6 Å². The van der Waals surface area contributed by atoms with E-state index in [0.29, 0.717) is 5.69 Å². The lowest BCUT2D eigenvalue weighted by Gasteiger charge is -2.17. The van der Waals surface area contributed by atoms with Crippen molar-refractivity contribution in [2.45, 2.75) is 45.1 Å². The van der Waals surface area contributed by atoms with Gasteiger partial charge in [0.05, 0.1) is 0 Å². The number of imidazole rings is 1. The molecule has 0 saturated heterocycles. The van der Waals surface area contributed by atoms with Crippen LogP contribution in [0.3, 0.4) is 0 Å². The molecule has 1 aromatic heterocycles. The molecule has 0 aliphatic heterocycles. The molecular weight excluding hydrogens is 316 g/mol. The highest BCUT2D eigenvalue weighted by Crippen LogP contribution is 2.25. The summed E-state index contributed by atoms with van der Waals surface area (Å²) >= 11 is 0. The van der Waals surface area contributed by atoms with E-state index in [1.54, 1.807) is 12.4 Å². The number of anilines is 1. The molecule has 3 N–H and O–H groups in total. The first-order valence-corrected chi connectivity index (χ1v) is 8.82. The number of rotatable bonds is 6. The van der Waals surface area contributed by atoms with Crippen molar-refractivity contribution in [1.82, 2.24) is 15.3 Å². The summed E-state index contributed by atoms with van der Waals surface area (Å²) in [7, 11) is 0. The summed E-state index contributed by atoms with van der Waals surface area (Å²) in [5.41, 5.74) is 1.62. The number of H-pyrrole nitrogens is 1. The molecule has 1 aromatic carbocycles. The van der Waals surface area contributed by atoms with E-state index in [1.165, 1.54) is 0 Å². The Hall–Kier alpha value is -2.63. The summed E-state index contributed by atoms with van der Waals surface area (Å²) < 4.78 is 0. The highest BCUT2D eigenvalue weighted by Gasteiger charge is 2.24. The smallest absolute Gasteiger partial charge is 0.226 e. The number of aromatic nitrogens is 2. The fourth-order valence-corrected chi connectivity index (χ4v) is 3.26. The number of nitrogens with one attached hydrogen (secondary N) is 3. The molecule has 0 radical (unpaired) electrons. The van der Waals surface area contributed by atoms with E-state index in [4.69, 9.17) is 0 Å². The fraction of sp³-hybridized carbons (Fsp3) is 0.421. The van der Waals surface area contributed by atoms with Gasteiger partial charge >= 0.3 is 0 Å². The molecule has 1 fully saturated rings. The number of hydrogen-bond acceptors (Lipinski definition) is 3. The van der Waals surface area contributed by atoms with Crippen LogP contribution >= 0.6 is 0 Å².